The monoisotopic (exact) mass is 504 g/mol. The molecule has 0 bridgehead atoms. The highest BCUT2D eigenvalue weighted by Crippen LogP contribution is 2.56. The number of methoxy groups -OCH3 is 1. The van der Waals surface area contributed by atoms with Gasteiger partial charge in [0.1, 0.15) is 17.2 Å². The van der Waals surface area contributed by atoms with Crippen molar-refractivity contribution in [2.24, 2.45) is 0 Å². The van der Waals surface area contributed by atoms with Gasteiger partial charge in [0.25, 0.3) is 0 Å². The molecule has 1 aliphatic rings. The summed E-state index contributed by atoms with van der Waals surface area (Å²) in [5.74, 6) is 2.53. The molecule has 0 atom stereocenters. The summed E-state index contributed by atoms with van der Waals surface area (Å²) in [5, 5.41) is 2.33. The minimum Gasteiger partial charge on any atom is -0.497 e. The molecule has 39 heavy (non-hydrogen) atoms. The predicted octanol–water partition coefficient (Wildman–Crippen LogP) is 9.31. The normalized spacial score (nSPS) is 13.1. The second-order valence-corrected chi connectivity index (χ2v) is 10.1. The van der Waals surface area contributed by atoms with E-state index in [9.17, 15) is 0 Å². The van der Waals surface area contributed by atoms with E-state index in [1.54, 1.807) is 7.11 Å². The summed E-state index contributed by atoms with van der Waals surface area (Å²) in [5.41, 5.74) is 8.32. The Labute approximate surface area is 229 Å². The van der Waals surface area contributed by atoms with Crippen LogP contribution in [0.2, 0.25) is 0 Å². The number of hydrogen-bond donors (Lipinski definition) is 0. The summed E-state index contributed by atoms with van der Waals surface area (Å²) in [6, 6.07) is 47.3. The van der Waals surface area contributed by atoms with E-state index in [1.807, 2.05) is 0 Å². The molecule has 7 rings (SSSR count). The standard InChI is InChI=1S/C37H28O2/c1-25-15-24-36(33-12-4-3-9-30(25)33)39-29-22-18-27(19-23-29)37(26-16-20-28(38-2)21-17-26)34-13-7-5-10-31(34)32-11-6-8-14-35(32)37/h3-24H,1-2H3. The largest absolute Gasteiger partial charge is 0.497 e. The van der Waals surface area contributed by atoms with Crippen LogP contribution < -0.4 is 9.47 Å². The lowest BCUT2D eigenvalue weighted by Crippen LogP contribution is -2.28. The number of hydrogen-bond acceptors (Lipinski definition) is 2. The minimum absolute atomic E-state index is 0.450. The average molecular weight is 505 g/mol. The molecule has 188 valence electrons. The van der Waals surface area contributed by atoms with Crippen molar-refractivity contribution < 1.29 is 9.47 Å². The second kappa shape index (κ2) is 9.18. The topological polar surface area (TPSA) is 18.5 Å². The molecule has 2 heteroatoms. The maximum Gasteiger partial charge on any atom is 0.135 e. The number of ether oxygens (including phenoxy) is 2. The summed E-state index contributed by atoms with van der Waals surface area (Å²) in [6.45, 7) is 2.14. The van der Waals surface area contributed by atoms with Crippen LogP contribution in [-0.4, -0.2) is 7.11 Å². The molecule has 0 aromatic heterocycles. The van der Waals surface area contributed by atoms with Gasteiger partial charge in [-0.15, -0.1) is 0 Å². The Kier molecular flexibility index (Phi) is 5.49. The van der Waals surface area contributed by atoms with Crippen LogP contribution in [-0.2, 0) is 5.41 Å². The zero-order valence-electron chi connectivity index (χ0n) is 22.0. The summed E-state index contributed by atoms with van der Waals surface area (Å²) in [6.07, 6.45) is 0. The summed E-state index contributed by atoms with van der Waals surface area (Å²) in [4.78, 5) is 0. The van der Waals surface area contributed by atoms with Crippen molar-refractivity contribution in [2.45, 2.75) is 12.3 Å². The highest BCUT2D eigenvalue weighted by molar-refractivity contribution is 5.91. The van der Waals surface area contributed by atoms with Crippen LogP contribution in [0, 0.1) is 6.92 Å². The lowest BCUT2D eigenvalue weighted by atomic mass is 9.68. The van der Waals surface area contributed by atoms with Crippen molar-refractivity contribution in [1.82, 2.24) is 0 Å². The summed E-state index contributed by atoms with van der Waals surface area (Å²) < 4.78 is 12.0. The van der Waals surface area contributed by atoms with Crippen molar-refractivity contribution in [2.75, 3.05) is 7.11 Å². The smallest absolute Gasteiger partial charge is 0.135 e. The molecule has 6 aromatic rings. The first-order valence-corrected chi connectivity index (χ1v) is 13.3. The van der Waals surface area contributed by atoms with E-state index in [-0.39, 0.29) is 0 Å². The fourth-order valence-corrected chi connectivity index (χ4v) is 6.28. The Bertz CT molecular complexity index is 1770. The van der Waals surface area contributed by atoms with E-state index >= 15 is 0 Å². The van der Waals surface area contributed by atoms with Gasteiger partial charge < -0.3 is 9.47 Å². The van der Waals surface area contributed by atoms with Gasteiger partial charge in [-0.3, -0.25) is 0 Å². The van der Waals surface area contributed by atoms with Crippen molar-refractivity contribution >= 4 is 10.8 Å². The number of benzene rings is 6. The molecule has 2 nitrogen and oxygen atoms in total. The Hall–Kier alpha value is -4.82. The number of fused-ring (bicyclic) bond motifs is 4. The third-order valence-electron chi connectivity index (χ3n) is 8.09. The minimum atomic E-state index is -0.450. The van der Waals surface area contributed by atoms with E-state index in [2.05, 4.69) is 140 Å². The van der Waals surface area contributed by atoms with Gasteiger partial charge in [-0.2, -0.15) is 0 Å². The van der Waals surface area contributed by atoms with Crippen LogP contribution in [0.4, 0.5) is 0 Å². The lowest BCUT2D eigenvalue weighted by Gasteiger charge is -2.34. The molecule has 0 spiro atoms. The molecule has 0 saturated heterocycles. The third-order valence-corrected chi connectivity index (χ3v) is 8.09. The molecule has 6 aromatic carbocycles. The van der Waals surface area contributed by atoms with Crippen LogP contribution in [0.25, 0.3) is 21.9 Å². The molecule has 0 unspecified atom stereocenters. The molecule has 0 saturated carbocycles. The summed E-state index contributed by atoms with van der Waals surface area (Å²) in [7, 11) is 1.71. The van der Waals surface area contributed by atoms with Crippen molar-refractivity contribution in [3.8, 4) is 28.4 Å². The molecular weight excluding hydrogens is 476 g/mol. The van der Waals surface area contributed by atoms with Gasteiger partial charge >= 0.3 is 0 Å². The number of aryl methyl sites for hydroxylation is 1. The Morgan fingerprint density at radius 2 is 1.00 bits per heavy atom. The third kappa shape index (κ3) is 3.56. The maximum absolute atomic E-state index is 6.46. The molecular formula is C37H28O2. The fourth-order valence-electron chi connectivity index (χ4n) is 6.28. The number of rotatable bonds is 5. The first kappa shape index (κ1) is 23.3. The SMILES string of the molecule is COc1ccc(C2(c3ccc(Oc4ccc(C)c5ccccc45)cc3)c3ccccc3-c3ccccc32)cc1. The van der Waals surface area contributed by atoms with Crippen LogP contribution in [0.15, 0.2) is 133 Å². The van der Waals surface area contributed by atoms with Crippen LogP contribution in [0.1, 0.15) is 27.8 Å². The van der Waals surface area contributed by atoms with E-state index in [4.69, 9.17) is 9.47 Å². The first-order valence-electron chi connectivity index (χ1n) is 13.3. The quantitative estimate of drug-likeness (QED) is 0.232. The second-order valence-electron chi connectivity index (χ2n) is 10.1. The fraction of sp³-hybridized carbons (Fsp3) is 0.0811. The van der Waals surface area contributed by atoms with E-state index in [0.29, 0.717) is 0 Å². The average Bonchev–Trinajstić information content (AvgIpc) is 3.30. The van der Waals surface area contributed by atoms with Crippen molar-refractivity contribution in [3.05, 3.63) is 161 Å². The molecule has 0 radical (unpaired) electrons. The van der Waals surface area contributed by atoms with Gasteiger partial charge in [-0.25, -0.2) is 0 Å². The van der Waals surface area contributed by atoms with Crippen LogP contribution >= 0.6 is 0 Å². The molecule has 0 heterocycles. The first-order chi connectivity index (χ1) is 19.2. The van der Waals surface area contributed by atoms with Gasteiger partial charge in [0.2, 0.25) is 0 Å². The zero-order chi connectivity index (χ0) is 26.4. The zero-order valence-corrected chi connectivity index (χ0v) is 22.0. The van der Waals surface area contributed by atoms with Crippen LogP contribution in [0.3, 0.4) is 0 Å². The van der Waals surface area contributed by atoms with Gasteiger partial charge in [0.15, 0.2) is 0 Å². The van der Waals surface area contributed by atoms with E-state index < -0.39 is 5.41 Å². The molecule has 0 fully saturated rings. The summed E-state index contributed by atoms with van der Waals surface area (Å²) >= 11 is 0. The van der Waals surface area contributed by atoms with Gasteiger partial charge in [-0.05, 0) is 81.6 Å². The van der Waals surface area contributed by atoms with Crippen LogP contribution in [0.5, 0.6) is 17.2 Å². The Balaban J connectivity index is 1.39. The molecule has 0 amide bonds. The van der Waals surface area contributed by atoms with Gasteiger partial charge in [-0.1, -0.05) is 103 Å². The van der Waals surface area contributed by atoms with E-state index in [0.717, 1.165) is 22.6 Å². The molecule has 1 aliphatic carbocycles. The lowest BCUT2D eigenvalue weighted by molar-refractivity contribution is 0.414. The van der Waals surface area contributed by atoms with Gasteiger partial charge in [0.05, 0.1) is 12.5 Å². The Morgan fingerprint density at radius 1 is 0.487 bits per heavy atom. The highest BCUT2D eigenvalue weighted by atomic mass is 16.5. The molecule has 0 aliphatic heterocycles. The Morgan fingerprint density at radius 3 is 1.59 bits per heavy atom. The van der Waals surface area contributed by atoms with Gasteiger partial charge in [0, 0.05) is 5.39 Å². The molecule has 0 N–H and O–H groups in total. The maximum atomic E-state index is 6.46. The van der Waals surface area contributed by atoms with Crippen molar-refractivity contribution in [3.63, 3.8) is 0 Å². The predicted molar refractivity (Wildman–Crippen MR) is 159 cm³/mol. The van der Waals surface area contributed by atoms with Crippen molar-refractivity contribution in [1.29, 1.82) is 0 Å². The highest BCUT2D eigenvalue weighted by Gasteiger charge is 2.45. The van der Waals surface area contributed by atoms with E-state index in [1.165, 1.54) is 44.3 Å².